The molecule has 3 heterocycles. The highest BCUT2D eigenvalue weighted by Crippen LogP contribution is 2.54. The highest BCUT2D eigenvalue weighted by molar-refractivity contribution is 7.93. The smallest absolute Gasteiger partial charge is 0.411 e. The molecule has 2 fully saturated rings. The van der Waals surface area contributed by atoms with E-state index in [0.29, 0.717) is 42.3 Å². The number of anilines is 1. The van der Waals surface area contributed by atoms with Crippen molar-refractivity contribution in [1.82, 2.24) is 14.7 Å². The number of halogens is 1. The number of para-hydroxylation sites is 1. The van der Waals surface area contributed by atoms with Crippen LogP contribution < -0.4 is 18.5 Å². The zero-order chi connectivity index (χ0) is 34.2. The number of ether oxygens (including phenoxy) is 4. The third kappa shape index (κ3) is 5.72. The number of piperidine rings is 1. The van der Waals surface area contributed by atoms with Gasteiger partial charge in [0.1, 0.15) is 22.1 Å². The molecule has 12 nitrogen and oxygen atoms in total. The lowest BCUT2D eigenvalue weighted by molar-refractivity contribution is -0.132. The van der Waals surface area contributed by atoms with E-state index in [1.165, 1.54) is 57.7 Å². The van der Waals surface area contributed by atoms with Crippen molar-refractivity contribution in [2.75, 3.05) is 72.0 Å². The predicted octanol–water partition coefficient (Wildman–Crippen LogP) is 4.19. The predicted molar refractivity (Wildman–Crippen MR) is 180 cm³/mol. The maximum absolute atomic E-state index is 15.0. The van der Waals surface area contributed by atoms with Gasteiger partial charge in [0, 0.05) is 38.3 Å². The van der Waals surface area contributed by atoms with E-state index in [4.69, 9.17) is 30.5 Å². The van der Waals surface area contributed by atoms with E-state index < -0.39 is 27.6 Å². The van der Waals surface area contributed by atoms with Gasteiger partial charge in [-0.3, -0.25) is 9.69 Å². The average molecular weight is 699 g/mol. The molecule has 2 amide bonds. The Morgan fingerprint density at radius 3 is 2.21 bits per heavy atom. The number of amides is 2. The van der Waals surface area contributed by atoms with E-state index in [1.807, 2.05) is 0 Å². The van der Waals surface area contributed by atoms with E-state index in [0.717, 1.165) is 25.9 Å². The number of hydrogen-bond donors (Lipinski definition) is 0. The fourth-order valence-corrected chi connectivity index (χ4v) is 8.77. The molecule has 3 aliphatic heterocycles. The van der Waals surface area contributed by atoms with Gasteiger partial charge in [-0.05, 0) is 63.3 Å². The fraction of sp³-hybridized carbons (Fsp3) is 0.412. The lowest BCUT2D eigenvalue weighted by Crippen LogP contribution is -2.55. The molecule has 48 heavy (non-hydrogen) atoms. The Morgan fingerprint density at radius 2 is 1.54 bits per heavy atom. The van der Waals surface area contributed by atoms with Crippen LogP contribution in [-0.2, 0) is 25.2 Å². The molecule has 0 spiro atoms. The summed E-state index contributed by atoms with van der Waals surface area (Å²) in [4.78, 5) is 35.1. The molecule has 3 aromatic rings. The van der Waals surface area contributed by atoms with E-state index in [2.05, 4.69) is 16.8 Å². The molecule has 0 bridgehead atoms. The van der Waals surface area contributed by atoms with Gasteiger partial charge >= 0.3 is 6.09 Å². The van der Waals surface area contributed by atoms with Crippen LogP contribution in [0, 0.1) is 0 Å². The number of carbonyl (C=O) groups is 2. The van der Waals surface area contributed by atoms with Crippen molar-refractivity contribution < 1.29 is 37.0 Å². The summed E-state index contributed by atoms with van der Waals surface area (Å²) in [5.74, 6) is -0.528. The first kappa shape index (κ1) is 33.8. The van der Waals surface area contributed by atoms with Gasteiger partial charge in [-0.1, -0.05) is 35.9 Å². The first-order valence-corrected chi connectivity index (χ1v) is 17.5. The number of benzene rings is 3. The first-order chi connectivity index (χ1) is 23.1. The Kier molecular flexibility index (Phi) is 9.49. The molecule has 0 saturated carbocycles. The maximum Gasteiger partial charge on any atom is 0.411 e. The van der Waals surface area contributed by atoms with Crippen LogP contribution in [0.15, 0.2) is 65.6 Å². The average Bonchev–Trinajstić information content (AvgIpc) is 3.37. The Labute approximate surface area is 285 Å². The van der Waals surface area contributed by atoms with Gasteiger partial charge in [-0.15, -0.1) is 0 Å². The number of rotatable bonds is 8. The monoisotopic (exact) mass is 698 g/mol. The van der Waals surface area contributed by atoms with Crippen molar-refractivity contribution in [3.05, 3.63) is 76.8 Å². The first-order valence-electron chi connectivity index (χ1n) is 15.7. The molecule has 256 valence electrons. The summed E-state index contributed by atoms with van der Waals surface area (Å²) in [5.41, 5.74) is -2.23. The summed E-state index contributed by atoms with van der Waals surface area (Å²) in [5, 5.41) is 0.0334. The molecular weight excluding hydrogens is 660 g/mol. The Balaban J connectivity index is 1.43. The molecule has 6 rings (SSSR count). The molecule has 0 aromatic heterocycles. The van der Waals surface area contributed by atoms with E-state index in [9.17, 15) is 13.2 Å². The maximum atomic E-state index is 15.0. The zero-order valence-electron chi connectivity index (χ0n) is 27.3. The Bertz CT molecular complexity index is 1810. The number of carbonyl (C=O) groups excluding carboxylic acids is 2. The van der Waals surface area contributed by atoms with Crippen LogP contribution in [-0.4, -0.2) is 109 Å². The molecule has 0 aliphatic carbocycles. The molecule has 0 N–H and O–H groups in total. The van der Waals surface area contributed by atoms with Gasteiger partial charge in [-0.2, -0.15) is 4.31 Å². The van der Waals surface area contributed by atoms with Crippen molar-refractivity contribution in [3.63, 3.8) is 0 Å². The normalized spacial score (nSPS) is 20.8. The van der Waals surface area contributed by atoms with Gasteiger partial charge in [0.25, 0.3) is 21.5 Å². The van der Waals surface area contributed by atoms with Crippen LogP contribution in [0.4, 0.5) is 10.5 Å². The largest absolute Gasteiger partial charge is 0.497 e. The molecule has 2 saturated heterocycles. The number of piperazine rings is 1. The molecule has 1 atom stereocenters. The zero-order valence-corrected chi connectivity index (χ0v) is 28.9. The van der Waals surface area contributed by atoms with Crippen LogP contribution >= 0.6 is 11.6 Å². The number of methoxy groups -OCH3 is 3. The molecule has 3 aliphatic rings. The second kappa shape index (κ2) is 13.5. The third-order valence-corrected chi connectivity index (χ3v) is 11.5. The van der Waals surface area contributed by atoms with Gasteiger partial charge in [0.05, 0.1) is 43.2 Å². The van der Waals surface area contributed by atoms with Gasteiger partial charge in [0.2, 0.25) is 0 Å². The van der Waals surface area contributed by atoms with E-state index in [1.54, 1.807) is 29.2 Å². The van der Waals surface area contributed by atoms with Gasteiger partial charge < -0.3 is 28.7 Å². The number of likely N-dealkylation sites (tertiary alicyclic amines) is 1. The van der Waals surface area contributed by atoms with Crippen molar-refractivity contribution in [2.24, 2.45) is 0 Å². The highest BCUT2D eigenvalue weighted by atomic mass is 35.5. The summed E-state index contributed by atoms with van der Waals surface area (Å²) in [6.45, 7) is 4.10. The van der Waals surface area contributed by atoms with Crippen LogP contribution in [0.2, 0.25) is 5.02 Å². The highest BCUT2D eigenvalue weighted by Gasteiger charge is 2.62. The minimum atomic E-state index is -4.68. The molecule has 3 aromatic carbocycles. The van der Waals surface area contributed by atoms with Crippen molar-refractivity contribution >= 4 is 39.3 Å². The van der Waals surface area contributed by atoms with Crippen LogP contribution in [0.3, 0.4) is 0 Å². The van der Waals surface area contributed by atoms with Crippen LogP contribution in [0.5, 0.6) is 17.2 Å². The number of nitrogens with zero attached hydrogens (tertiary/aromatic N) is 4. The minimum absolute atomic E-state index is 0.00975. The third-order valence-electron chi connectivity index (χ3n) is 9.44. The lowest BCUT2D eigenvalue weighted by atomic mass is 9.86. The summed E-state index contributed by atoms with van der Waals surface area (Å²) < 4.78 is 52.3. The molecule has 1 unspecified atom stereocenters. The molecule has 14 heteroatoms. The lowest BCUT2D eigenvalue weighted by Gasteiger charge is -2.42. The second-order valence-corrected chi connectivity index (χ2v) is 14.2. The quantitative estimate of drug-likeness (QED) is 0.339. The SMILES string of the molecule is COc1ccc(S(=O)(=O)N2C(=O)C(OC(=O)N3CCN(C4CCN(C)CC4)CC3)(c3ccccc3OC)c3c(Cl)cccc32)c(OC)c1. The fourth-order valence-electron chi connectivity index (χ4n) is 6.88. The van der Waals surface area contributed by atoms with Crippen molar-refractivity contribution in [2.45, 2.75) is 29.4 Å². The Hall–Kier alpha value is -4.04. The van der Waals surface area contributed by atoms with Gasteiger partial charge in [0.15, 0.2) is 0 Å². The van der Waals surface area contributed by atoms with Crippen molar-refractivity contribution in [3.8, 4) is 17.2 Å². The number of sulfonamides is 1. The van der Waals surface area contributed by atoms with Gasteiger partial charge in [-0.25, -0.2) is 13.2 Å². The standard InChI is InChI=1S/C34H39ClN4O8S/c1-36-16-14-23(15-17-36)37-18-20-38(21-19-37)33(41)47-34(25-8-5-6-11-28(25)45-3)31-26(35)9-7-10-27(31)39(32(34)40)48(42,43)30-13-12-24(44-2)22-29(30)46-4/h5-13,22-23H,14-21H2,1-4H3. The topological polar surface area (TPSA) is 118 Å². The molecule has 0 radical (unpaired) electrons. The summed E-state index contributed by atoms with van der Waals surface area (Å²) in [7, 11) is 1.62. The van der Waals surface area contributed by atoms with Crippen molar-refractivity contribution in [1.29, 1.82) is 0 Å². The molecular formula is C34H39ClN4O8S. The number of fused-ring (bicyclic) bond motifs is 1. The minimum Gasteiger partial charge on any atom is -0.497 e. The van der Waals surface area contributed by atoms with E-state index >= 15 is 4.79 Å². The number of hydrogen-bond acceptors (Lipinski definition) is 10. The summed E-state index contributed by atoms with van der Waals surface area (Å²) >= 11 is 6.84. The van der Waals surface area contributed by atoms with E-state index in [-0.39, 0.29) is 38.2 Å². The van der Waals surface area contributed by atoms with Crippen LogP contribution in [0.1, 0.15) is 24.0 Å². The van der Waals surface area contributed by atoms with Crippen LogP contribution in [0.25, 0.3) is 0 Å². The summed E-state index contributed by atoms with van der Waals surface area (Å²) in [6.07, 6.45) is 1.35. The Morgan fingerprint density at radius 1 is 0.854 bits per heavy atom. The summed E-state index contributed by atoms with van der Waals surface area (Å²) in [6, 6.07) is 15.6. The second-order valence-electron chi connectivity index (χ2n) is 12.0.